The Balaban J connectivity index is 2.22. The number of benzene rings is 2. The maximum Gasteiger partial charge on any atom is 0.242 e. The molecule has 0 saturated carbocycles. The minimum Gasteiger partial charge on any atom is -0.352 e. The molecule has 144 valence electrons. The predicted molar refractivity (Wildman–Crippen MR) is 105 cm³/mol. The molecule has 0 aliphatic carbocycles. The standard InChI is InChI=1S/C22H27FN2O2/c1-15(2)24-22(27)17(4)25(14-19-7-5-6-16(3)12-19)21(26)13-18-8-10-20(23)11-9-18/h5-12,15,17H,13-14H2,1-4H3,(H,24,27)/t17-/m0/s1. The second-order valence-corrected chi connectivity index (χ2v) is 7.15. The molecule has 1 N–H and O–H groups in total. The Morgan fingerprint density at radius 1 is 1.04 bits per heavy atom. The zero-order valence-electron chi connectivity index (χ0n) is 16.3. The van der Waals surface area contributed by atoms with Crippen molar-refractivity contribution in [2.45, 2.75) is 52.7 Å². The van der Waals surface area contributed by atoms with Crippen LogP contribution in [0.25, 0.3) is 0 Å². The van der Waals surface area contributed by atoms with E-state index in [1.807, 2.05) is 45.0 Å². The smallest absolute Gasteiger partial charge is 0.242 e. The van der Waals surface area contributed by atoms with Crippen LogP contribution in [0.2, 0.25) is 0 Å². The van der Waals surface area contributed by atoms with Crippen LogP contribution in [0.1, 0.15) is 37.5 Å². The Morgan fingerprint density at radius 3 is 2.30 bits per heavy atom. The summed E-state index contributed by atoms with van der Waals surface area (Å²) in [6.07, 6.45) is 0.116. The monoisotopic (exact) mass is 370 g/mol. The van der Waals surface area contributed by atoms with Crippen LogP contribution >= 0.6 is 0 Å². The number of hydrogen-bond acceptors (Lipinski definition) is 2. The van der Waals surface area contributed by atoms with Gasteiger partial charge in [0.15, 0.2) is 0 Å². The third kappa shape index (κ3) is 6.20. The molecule has 4 nitrogen and oxygen atoms in total. The molecule has 0 bridgehead atoms. The van der Waals surface area contributed by atoms with E-state index in [1.54, 1.807) is 24.0 Å². The zero-order chi connectivity index (χ0) is 20.0. The van der Waals surface area contributed by atoms with Gasteiger partial charge in [-0.25, -0.2) is 4.39 Å². The van der Waals surface area contributed by atoms with E-state index in [2.05, 4.69) is 5.32 Å². The Labute approximate surface area is 160 Å². The lowest BCUT2D eigenvalue weighted by atomic mass is 10.1. The van der Waals surface area contributed by atoms with Crippen LogP contribution < -0.4 is 5.32 Å². The number of rotatable bonds is 7. The minimum atomic E-state index is -0.610. The quantitative estimate of drug-likeness (QED) is 0.809. The van der Waals surface area contributed by atoms with Crippen molar-refractivity contribution in [2.24, 2.45) is 0 Å². The normalized spacial score (nSPS) is 11.9. The van der Waals surface area contributed by atoms with E-state index in [0.29, 0.717) is 12.1 Å². The molecule has 2 rings (SSSR count). The molecular weight excluding hydrogens is 343 g/mol. The van der Waals surface area contributed by atoms with Crippen molar-refractivity contribution in [3.8, 4) is 0 Å². The summed E-state index contributed by atoms with van der Waals surface area (Å²) in [6.45, 7) is 7.83. The second-order valence-electron chi connectivity index (χ2n) is 7.15. The topological polar surface area (TPSA) is 49.4 Å². The first-order valence-electron chi connectivity index (χ1n) is 9.16. The fourth-order valence-corrected chi connectivity index (χ4v) is 2.87. The van der Waals surface area contributed by atoms with Crippen molar-refractivity contribution in [2.75, 3.05) is 0 Å². The number of aryl methyl sites for hydroxylation is 1. The number of carbonyl (C=O) groups is 2. The first-order valence-corrected chi connectivity index (χ1v) is 9.16. The van der Waals surface area contributed by atoms with Crippen molar-refractivity contribution in [1.29, 1.82) is 0 Å². The number of amides is 2. The van der Waals surface area contributed by atoms with E-state index in [-0.39, 0.29) is 30.1 Å². The van der Waals surface area contributed by atoms with Gasteiger partial charge in [0, 0.05) is 12.6 Å². The van der Waals surface area contributed by atoms with E-state index in [0.717, 1.165) is 11.1 Å². The van der Waals surface area contributed by atoms with Crippen LogP contribution in [0.15, 0.2) is 48.5 Å². The largest absolute Gasteiger partial charge is 0.352 e. The molecule has 0 fully saturated rings. The Hall–Kier alpha value is -2.69. The van der Waals surface area contributed by atoms with Gasteiger partial charge < -0.3 is 10.2 Å². The van der Waals surface area contributed by atoms with Crippen LogP contribution in [0.5, 0.6) is 0 Å². The maximum absolute atomic E-state index is 13.1. The zero-order valence-corrected chi connectivity index (χ0v) is 16.3. The van der Waals surface area contributed by atoms with Crippen LogP contribution in [0, 0.1) is 12.7 Å². The fourth-order valence-electron chi connectivity index (χ4n) is 2.87. The summed E-state index contributed by atoms with van der Waals surface area (Å²) in [6, 6.07) is 13.1. The van der Waals surface area contributed by atoms with Crippen LogP contribution in [0.4, 0.5) is 4.39 Å². The first kappa shape index (κ1) is 20.6. The van der Waals surface area contributed by atoms with E-state index < -0.39 is 6.04 Å². The molecule has 0 aromatic heterocycles. The average Bonchev–Trinajstić information content (AvgIpc) is 2.60. The number of nitrogens with zero attached hydrogens (tertiary/aromatic N) is 1. The van der Waals surface area contributed by atoms with Crippen molar-refractivity contribution < 1.29 is 14.0 Å². The number of nitrogens with one attached hydrogen (secondary N) is 1. The molecule has 0 aliphatic heterocycles. The molecule has 0 unspecified atom stereocenters. The van der Waals surface area contributed by atoms with E-state index in [9.17, 15) is 14.0 Å². The third-order valence-corrected chi connectivity index (χ3v) is 4.30. The minimum absolute atomic E-state index is 0.00651. The highest BCUT2D eigenvalue weighted by Gasteiger charge is 2.26. The van der Waals surface area contributed by atoms with Crippen LogP contribution in [-0.2, 0) is 22.6 Å². The molecule has 2 aromatic rings. The predicted octanol–water partition coefficient (Wildman–Crippen LogP) is 3.62. The highest BCUT2D eigenvalue weighted by Crippen LogP contribution is 2.14. The Kier molecular flexibility index (Phi) is 7.11. The van der Waals surface area contributed by atoms with Gasteiger partial charge in [-0.2, -0.15) is 0 Å². The molecule has 0 heterocycles. The van der Waals surface area contributed by atoms with Gasteiger partial charge in [0.05, 0.1) is 6.42 Å². The van der Waals surface area contributed by atoms with Crippen LogP contribution in [-0.4, -0.2) is 28.8 Å². The second kappa shape index (κ2) is 9.31. The van der Waals surface area contributed by atoms with Gasteiger partial charge in [-0.1, -0.05) is 42.0 Å². The summed E-state index contributed by atoms with van der Waals surface area (Å²) in [4.78, 5) is 27.0. The van der Waals surface area contributed by atoms with Gasteiger partial charge in [-0.15, -0.1) is 0 Å². The summed E-state index contributed by atoms with van der Waals surface area (Å²) < 4.78 is 13.1. The van der Waals surface area contributed by atoms with Gasteiger partial charge in [0.1, 0.15) is 11.9 Å². The molecule has 27 heavy (non-hydrogen) atoms. The third-order valence-electron chi connectivity index (χ3n) is 4.30. The number of halogens is 1. The average molecular weight is 370 g/mol. The van der Waals surface area contributed by atoms with Gasteiger partial charge in [0.25, 0.3) is 0 Å². The lowest BCUT2D eigenvalue weighted by Gasteiger charge is -2.29. The lowest BCUT2D eigenvalue weighted by molar-refractivity contribution is -0.140. The van der Waals surface area contributed by atoms with E-state index in [1.165, 1.54) is 12.1 Å². The van der Waals surface area contributed by atoms with Gasteiger partial charge in [0.2, 0.25) is 11.8 Å². The van der Waals surface area contributed by atoms with Crippen molar-refractivity contribution in [3.63, 3.8) is 0 Å². The first-order chi connectivity index (χ1) is 12.8. The molecule has 0 radical (unpaired) electrons. The Morgan fingerprint density at radius 2 is 1.70 bits per heavy atom. The molecule has 2 aromatic carbocycles. The lowest BCUT2D eigenvalue weighted by Crippen LogP contribution is -2.49. The molecule has 0 aliphatic rings. The molecule has 2 amide bonds. The van der Waals surface area contributed by atoms with Crippen molar-refractivity contribution in [3.05, 3.63) is 71.0 Å². The van der Waals surface area contributed by atoms with Gasteiger partial charge in [-0.3, -0.25) is 9.59 Å². The summed E-state index contributed by atoms with van der Waals surface area (Å²) >= 11 is 0. The number of hydrogen-bond donors (Lipinski definition) is 1. The SMILES string of the molecule is Cc1cccc(CN(C(=O)Cc2ccc(F)cc2)[C@@H](C)C(=O)NC(C)C)c1. The maximum atomic E-state index is 13.1. The highest BCUT2D eigenvalue weighted by atomic mass is 19.1. The fraction of sp³-hybridized carbons (Fsp3) is 0.364. The van der Waals surface area contributed by atoms with E-state index in [4.69, 9.17) is 0 Å². The summed E-state index contributed by atoms with van der Waals surface area (Å²) in [5, 5.41) is 2.86. The summed E-state index contributed by atoms with van der Waals surface area (Å²) in [7, 11) is 0. The highest BCUT2D eigenvalue weighted by molar-refractivity contribution is 5.88. The molecule has 0 saturated heterocycles. The van der Waals surface area contributed by atoms with Crippen LogP contribution in [0.3, 0.4) is 0 Å². The molecular formula is C22H27FN2O2. The van der Waals surface area contributed by atoms with Gasteiger partial charge >= 0.3 is 0 Å². The van der Waals surface area contributed by atoms with Gasteiger partial charge in [-0.05, 0) is 51.0 Å². The van der Waals surface area contributed by atoms with Crippen molar-refractivity contribution in [1.82, 2.24) is 10.2 Å². The summed E-state index contributed by atoms with van der Waals surface area (Å²) in [5.41, 5.74) is 2.77. The molecule has 1 atom stereocenters. The summed E-state index contributed by atoms with van der Waals surface area (Å²) in [5.74, 6) is -0.702. The number of carbonyl (C=O) groups excluding carboxylic acids is 2. The Bertz CT molecular complexity index is 787. The molecule has 0 spiro atoms. The van der Waals surface area contributed by atoms with Crippen molar-refractivity contribution >= 4 is 11.8 Å². The molecule has 5 heteroatoms. The van der Waals surface area contributed by atoms with E-state index >= 15 is 0 Å².